The summed E-state index contributed by atoms with van der Waals surface area (Å²) in [6.07, 6.45) is 3.99. The van der Waals surface area contributed by atoms with Gasteiger partial charge >= 0.3 is 0 Å². The summed E-state index contributed by atoms with van der Waals surface area (Å²) in [5.74, 6) is -1.76. The molecule has 0 nitrogen and oxygen atoms in total. The first kappa shape index (κ1) is 8.95. The lowest BCUT2D eigenvalue weighted by Crippen LogP contribution is -2.24. The van der Waals surface area contributed by atoms with Gasteiger partial charge in [-0.2, -0.15) is 0 Å². The van der Waals surface area contributed by atoms with Gasteiger partial charge in [-0.15, -0.1) is 0 Å². The first-order chi connectivity index (χ1) is 5.14. The Kier molecular flexibility index (Phi) is 2.85. The van der Waals surface area contributed by atoms with E-state index in [4.69, 9.17) is 0 Å². The van der Waals surface area contributed by atoms with E-state index < -0.39 is 5.92 Å². The third kappa shape index (κ3) is 2.76. The Morgan fingerprint density at radius 2 is 1.82 bits per heavy atom. The Bertz CT molecular complexity index is 111. The van der Waals surface area contributed by atoms with Crippen LogP contribution in [0.5, 0.6) is 0 Å². The molecule has 1 fully saturated rings. The van der Waals surface area contributed by atoms with E-state index in [-0.39, 0.29) is 12.8 Å². The molecule has 0 aromatic carbocycles. The molecular weight excluding hydrogens is 146 g/mol. The topological polar surface area (TPSA) is 0 Å². The van der Waals surface area contributed by atoms with Crippen LogP contribution in [-0.4, -0.2) is 5.92 Å². The third-order valence-corrected chi connectivity index (χ3v) is 2.53. The largest absolute Gasteiger partial charge is 0.248 e. The summed E-state index contributed by atoms with van der Waals surface area (Å²) >= 11 is 0. The third-order valence-electron chi connectivity index (χ3n) is 2.53. The van der Waals surface area contributed by atoms with Gasteiger partial charge in [-0.25, -0.2) is 8.78 Å². The van der Waals surface area contributed by atoms with E-state index >= 15 is 0 Å². The predicted molar refractivity (Wildman–Crippen MR) is 41.8 cm³/mol. The van der Waals surface area contributed by atoms with Crippen molar-refractivity contribution < 1.29 is 8.78 Å². The molecule has 0 N–H and O–H groups in total. The second-order valence-corrected chi connectivity index (χ2v) is 3.59. The minimum Gasteiger partial charge on any atom is -0.207 e. The molecule has 11 heavy (non-hydrogen) atoms. The van der Waals surface area contributed by atoms with Crippen molar-refractivity contribution in [3.8, 4) is 0 Å². The predicted octanol–water partition coefficient (Wildman–Crippen LogP) is 3.61. The Hall–Kier alpha value is -0.140. The van der Waals surface area contributed by atoms with Gasteiger partial charge in [0.1, 0.15) is 0 Å². The van der Waals surface area contributed by atoms with E-state index in [2.05, 4.69) is 6.92 Å². The fourth-order valence-corrected chi connectivity index (χ4v) is 1.80. The zero-order valence-corrected chi connectivity index (χ0v) is 7.08. The van der Waals surface area contributed by atoms with Crippen molar-refractivity contribution in [2.24, 2.45) is 5.92 Å². The molecule has 0 amide bonds. The standard InChI is InChI=1S/C9H16F2/c1-2-3-8-4-6-9(10,11)7-5-8/h8H,2-7H2,1H3. The molecule has 0 aliphatic heterocycles. The quantitative estimate of drug-likeness (QED) is 0.581. The molecule has 66 valence electrons. The second kappa shape index (κ2) is 3.51. The van der Waals surface area contributed by atoms with E-state index in [0.29, 0.717) is 5.92 Å². The normalized spacial score (nSPS) is 25.4. The Morgan fingerprint density at radius 3 is 2.27 bits per heavy atom. The number of rotatable bonds is 2. The second-order valence-electron chi connectivity index (χ2n) is 3.59. The SMILES string of the molecule is CCCC1CCC(F)(F)CC1. The maximum absolute atomic E-state index is 12.6. The fraction of sp³-hybridized carbons (Fsp3) is 1.00. The maximum atomic E-state index is 12.6. The van der Waals surface area contributed by atoms with Gasteiger partial charge in [-0.05, 0) is 18.8 Å². The van der Waals surface area contributed by atoms with E-state index in [0.717, 1.165) is 25.7 Å². The van der Waals surface area contributed by atoms with Gasteiger partial charge in [0.15, 0.2) is 0 Å². The number of alkyl halides is 2. The van der Waals surface area contributed by atoms with Crippen LogP contribution in [0, 0.1) is 5.92 Å². The Balaban J connectivity index is 2.25. The molecule has 0 aromatic heterocycles. The van der Waals surface area contributed by atoms with Crippen molar-refractivity contribution in [2.75, 3.05) is 0 Å². The maximum Gasteiger partial charge on any atom is 0.248 e. The van der Waals surface area contributed by atoms with Crippen LogP contribution in [0.4, 0.5) is 8.78 Å². The summed E-state index contributed by atoms with van der Waals surface area (Å²) in [6.45, 7) is 2.12. The van der Waals surface area contributed by atoms with Crippen LogP contribution in [0.3, 0.4) is 0 Å². The lowest BCUT2D eigenvalue weighted by molar-refractivity contribution is -0.0465. The highest BCUT2D eigenvalue weighted by Crippen LogP contribution is 2.37. The summed E-state index contributed by atoms with van der Waals surface area (Å²) in [5.41, 5.74) is 0. The molecule has 2 heteroatoms. The molecule has 0 spiro atoms. The lowest BCUT2D eigenvalue weighted by atomic mass is 9.84. The van der Waals surface area contributed by atoms with Crippen LogP contribution in [0.15, 0.2) is 0 Å². The summed E-state index contributed by atoms with van der Waals surface area (Å²) in [4.78, 5) is 0. The van der Waals surface area contributed by atoms with Crippen LogP contribution < -0.4 is 0 Å². The Labute approximate surface area is 67.0 Å². The van der Waals surface area contributed by atoms with Crippen LogP contribution in [0.2, 0.25) is 0 Å². The molecule has 0 heterocycles. The molecule has 0 radical (unpaired) electrons. The minimum absolute atomic E-state index is 0.123. The number of halogens is 2. The van der Waals surface area contributed by atoms with Crippen molar-refractivity contribution in [3.05, 3.63) is 0 Å². The van der Waals surface area contributed by atoms with Crippen molar-refractivity contribution in [1.82, 2.24) is 0 Å². The van der Waals surface area contributed by atoms with Crippen LogP contribution in [0.25, 0.3) is 0 Å². The molecule has 0 atom stereocenters. The smallest absolute Gasteiger partial charge is 0.207 e. The van der Waals surface area contributed by atoms with Crippen molar-refractivity contribution >= 4 is 0 Å². The highest BCUT2D eigenvalue weighted by atomic mass is 19.3. The van der Waals surface area contributed by atoms with Crippen molar-refractivity contribution in [1.29, 1.82) is 0 Å². The molecular formula is C9H16F2. The molecule has 0 aromatic rings. The number of hydrogen-bond donors (Lipinski definition) is 0. The monoisotopic (exact) mass is 162 g/mol. The summed E-state index contributed by atoms with van der Waals surface area (Å²) in [7, 11) is 0. The molecule has 1 aliphatic carbocycles. The van der Waals surface area contributed by atoms with Crippen LogP contribution in [-0.2, 0) is 0 Å². The molecule has 0 unspecified atom stereocenters. The minimum atomic E-state index is -2.34. The van der Waals surface area contributed by atoms with Gasteiger partial charge < -0.3 is 0 Å². The highest BCUT2D eigenvalue weighted by molar-refractivity contribution is 4.76. The first-order valence-corrected chi connectivity index (χ1v) is 4.52. The molecule has 0 bridgehead atoms. The summed E-state index contributed by atoms with van der Waals surface area (Å²) in [5, 5.41) is 0. The number of hydrogen-bond acceptors (Lipinski definition) is 0. The summed E-state index contributed by atoms with van der Waals surface area (Å²) < 4.78 is 25.2. The van der Waals surface area contributed by atoms with Crippen molar-refractivity contribution in [2.45, 2.75) is 51.4 Å². The molecule has 1 aliphatic rings. The summed E-state index contributed by atoms with van der Waals surface area (Å²) in [6, 6.07) is 0. The first-order valence-electron chi connectivity index (χ1n) is 4.52. The van der Waals surface area contributed by atoms with Gasteiger partial charge in [0, 0.05) is 12.8 Å². The molecule has 0 saturated heterocycles. The average Bonchev–Trinajstić information content (AvgIpc) is 1.94. The zero-order chi connectivity index (χ0) is 8.32. The Morgan fingerprint density at radius 1 is 1.27 bits per heavy atom. The molecule has 1 saturated carbocycles. The van der Waals surface area contributed by atoms with E-state index in [1.54, 1.807) is 0 Å². The average molecular weight is 162 g/mol. The van der Waals surface area contributed by atoms with E-state index in [9.17, 15) is 8.78 Å². The van der Waals surface area contributed by atoms with Crippen LogP contribution in [0.1, 0.15) is 45.4 Å². The van der Waals surface area contributed by atoms with Gasteiger partial charge in [0.25, 0.3) is 0 Å². The van der Waals surface area contributed by atoms with Gasteiger partial charge in [-0.1, -0.05) is 19.8 Å². The lowest BCUT2D eigenvalue weighted by Gasteiger charge is -2.27. The van der Waals surface area contributed by atoms with Gasteiger partial charge in [-0.3, -0.25) is 0 Å². The van der Waals surface area contributed by atoms with Gasteiger partial charge in [0.2, 0.25) is 5.92 Å². The van der Waals surface area contributed by atoms with E-state index in [1.165, 1.54) is 0 Å². The van der Waals surface area contributed by atoms with Crippen molar-refractivity contribution in [3.63, 3.8) is 0 Å². The zero-order valence-electron chi connectivity index (χ0n) is 7.08. The fourth-order valence-electron chi connectivity index (χ4n) is 1.80. The van der Waals surface area contributed by atoms with E-state index in [1.807, 2.05) is 0 Å². The molecule has 1 rings (SSSR count). The van der Waals surface area contributed by atoms with Crippen LogP contribution >= 0.6 is 0 Å². The van der Waals surface area contributed by atoms with Gasteiger partial charge in [0.05, 0.1) is 0 Å². The highest BCUT2D eigenvalue weighted by Gasteiger charge is 2.34.